The zero-order valence-corrected chi connectivity index (χ0v) is 13.2. The van der Waals surface area contributed by atoms with Gasteiger partial charge in [0.1, 0.15) is 17.8 Å². The Hall–Kier alpha value is -3.49. The summed E-state index contributed by atoms with van der Waals surface area (Å²) in [5.41, 5.74) is 0.344. The third-order valence-corrected chi connectivity index (χ3v) is 3.38. The molecule has 0 bridgehead atoms. The summed E-state index contributed by atoms with van der Waals surface area (Å²) in [7, 11) is 0. The summed E-state index contributed by atoms with van der Waals surface area (Å²) in [6, 6.07) is 6.64. The molecule has 0 saturated carbocycles. The molecule has 0 saturated heterocycles. The SMILES string of the molecule is O=C(Nc1ccc(F)c(F)c1F)c1cc(NCc2cccnc2)ncn1. The summed E-state index contributed by atoms with van der Waals surface area (Å²) in [6.45, 7) is 0.420. The van der Waals surface area contributed by atoms with E-state index in [4.69, 9.17) is 0 Å². The standard InChI is InChI=1S/C17H12F3N5O/c18-11-3-4-12(16(20)15(11)19)25-17(26)13-6-14(24-9-23-13)22-8-10-2-1-5-21-7-10/h1-7,9H,8H2,(H,25,26)(H,22,23,24). The van der Waals surface area contributed by atoms with Gasteiger partial charge in [-0.2, -0.15) is 0 Å². The lowest BCUT2D eigenvalue weighted by Crippen LogP contribution is -2.16. The lowest BCUT2D eigenvalue weighted by atomic mass is 10.2. The molecule has 0 aliphatic rings. The molecule has 2 aromatic heterocycles. The second kappa shape index (κ2) is 7.60. The van der Waals surface area contributed by atoms with Gasteiger partial charge in [-0.15, -0.1) is 0 Å². The number of nitrogens with one attached hydrogen (secondary N) is 2. The molecule has 0 aliphatic carbocycles. The molecule has 3 aromatic rings. The van der Waals surface area contributed by atoms with Crippen LogP contribution in [0, 0.1) is 17.5 Å². The maximum absolute atomic E-state index is 13.6. The normalized spacial score (nSPS) is 10.4. The largest absolute Gasteiger partial charge is 0.366 e. The number of aromatic nitrogens is 3. The fourth-order valence-electron chi connectivity index (χ4n) is 2.08. The average molecular weight is 359 g/mol. The van der Waals surface area contributed by atoms with Crippen molar-refractivity contribution in [3.63, 3.8) is 0 Å². The number of rotatable bonds is 5. The van der Waals surface area contributed by atoms with Crippen LogP contribution in [0.5, 0.6) is 0 Å². The minimum Gasteiger partial charge on any atom is -0.366 e. The Morgan fingerprint density at radius 3 is 2.69 bits per heavy atom. The van der Waals surface area contributed by atoms with E-state index in [9.17, 15) is 18.0 Å². The second-order valence-corrected chi connectivity index (χ2v) is 5.18. The number of anilines is 2. The number of carbonyl (C=O) groups excluding carboxylic acids is 1. The molecular weight excluding hydrogens is 347 g/mol. The maximum Gasteiger partial charge on any atom is 0.274 e. The molecule has 0 spiro atoms. The fourth-order valence-corrected chi connectivity index (χ4v) is 2.08. The van der Waals surface area contributed by atoms with Crippen LogP contribution in [-0.2, 0) is 6.54 Å². The molecule has 9 heteroatoms. The van der Waals surface area contributed by atoms with Crippen molar-refractivity contribution in [1.82, 2.24) is 15.0 Å². The van der Waals surface area contributed by atoms with Gasteiger partial charge in [0.25, 0.3) is 5.91 Å². The molecular formula is C17H12F3N5O. The van der Waals surface area contributed by atoms with Crippen molar-refractivity contribution >= 4 is 17.4 Å². The van der Waals surface area contributed by atoms with Crippen LogP contribution in [0.15, 0.2) is 49.1 Å². The van der Waals surface area contributed by atoms with Crippen molar-refractivity contribution in [3.8, 4) is 0 Å². The molecule has 2 N–H and O–H groups in total. The molecule has 2 heterocycles. The van der Waals surface area contributed by atoms with E-state index < -0.39 is 29.0 Å². The Labute approximate surface area is 146 Å². The lowest BCUT2D eigenvalue weighted by molar-refractivity contribution is 0.102. The van der Waals surface area contributed by atoms with Crippen LogP contribution in [0.4, 0.5) is 24.7 Å². The summed E-state index contributed by atoms with van der Waals surface area (Å²) >= 11 is 0. The van der Waals surface area contributed by atoms with Gasteiger partial charge in [0.2, 0.25) is 0 Å². The van der Waals surface area contributed by atoms with Gasteiger partial charge >= 0.3 is 0 Å². The topological polar surface area (TPSA) is 79.8 Å². The molecule has 26 heavy (non-hydrogen) atoms. The summed E-state index contributed by atoms with van der Waals surface area (Å²) < 4.78 is 39.8. The van der Waals surface area contributed by atoms with Crippen molar-refractivity contribution in [1.29, 1.82) is 0 Å². The second-order valence-electron chi connectivity index (χ2n) is 5.18. The number of carbonyl (C=O) groups is 1. The molecule has 1 amide bonds. The Morgan fingerprint density at radius 1 is 1.08 bits per heavy atom. The monoisotopic (exact) mass is 359 g/mol. The molecule has 0 unspecified atom stereocenters. The first-order valence-electron chi connectivity index (χ1n) is 7.44. The first-order valence-corrected chi connectivity index (χ1v) is 7.44. The van der Waals surface area contributed by atoms with E-state index in [2.05, 4.69) is 25.6 Å². The minimum absolute atomic E-state index is 0.0715. The molecule has 0 radical (unpaired) electrons. The molecule has 6 nitrogen and oxygen atoms in total. The van der Waals surface area contributed by atoms with Crippen LogP contribution in [0.3, 0.4) is 0 Å². The third-order valence-electron chi connectivity index (χ3n) is 3.38. The summed E-state index contributed by atoms with van der Waals surface area (Å²) in [5.74, 6) is -4.92. The van der Waals surface area contributed by atoms with Gasteiger partial charge in [0, 0.05) is 25.0 Å². The van der Waals surface area contributed by atoms with E-state index in [1.165, 1.54) is 6.07 Å². The molecule has 132 valence electrons. The van der Waals surface area contributed by atoms with Gasteiger partial charge in [-0.05, 0) is 23.8 Å². The number of nitrogens with zero attached hydrogens (tertiary/aromatic N) is 3. The third kappa shape index (κ3) is 3.94. The Kier molecular flexibility index (Phi) is 5.07. The van der Waals surface area contributed by atoms with Crippen LogP contribution in [0.1, 0.15) is 16.1 Å². The van der Waals surface area contributed by atoms with Crippen LogP contribution < -0.4 is 10.6 Å². The average Bonchev–Trinajstić information content (AvgIpc) is 2.68. The molecule has 0 fully saturated rings. The number of hydrogen-bond donors (Lipinski definition) is 2. The number of pyridine rings is 1. The molecule has 3 rings (SSSR count). The Balaban J connectivity index is 1.71. The Bertz CT molecular complexity index is 937. The number of benzene rings is 1. The van der Waals surface area contributed by atoms with Crippen molar-refractivity contribution in [2.75, 3.05) is 10.6 Å². The highest BCUT2D eigenvalue weighted by atomic mass is 19.2. The number of amides is 1. The van der Waals surface area contributed by atoms with E-state index in [-0.39, 0.29) is 5.69 Å². The highest BCUT2D eigenvalue weighted by molar-refractivity contribution is 6.03. The van der Waals surface area contributed by atoms with Crippen LogP contribution >= 0.6 is 0 Å². The van der Waals surface area contributed by atoms with E-state index in [1.54, 1.807) is 18.5 Å². The van der Waals surface area contributed by atoms with Crippen molar-refractivity contribution in [3.05, 3.63) is 77.8 Å². The predicted molar refractivity (Wildman–Crippen MR) is 87.9 cm³/mol. The minimum atomic E-state index is -1.66. The highest BCUT2D eigenvalue weighted by Gasteiger charge is 2.17. The molecule has 0 aliphatic heterocycles. The van der Waals surface area contributed by atoms with E-state index in [1.807, 2.05) is 6.07 Å². The smallest absolute Gasteiger partial charge is 0.274 e. The zero-order valence-electron chi connectivity index (χ0n) is 13.2. The summed E-state index contributed by atoms with van der Waals surface area (Å²) in [4.78, 5) is 23.9. The fraction of sp³-hybridized carbons (Fsp3) is 0.0588. The molecule has 0 atom stereocenters. The number of halogens is 3. The lowest BCUT2D eigenvalue weighted by Gasteiger charge is -2.09. The van der Waals surface area contributed by atoms with Crippen LogP contribution in [-0.4, -0.2) is 20.9 Å². The van der Waals surface area contributed by atoms with Gasteiger partial charge in [0.15, 0.2) is 17.5 Å². The summed E-state index contributed by atoms with van der Waals surface area (Å²) in [5, 5.41) is 5.14. The first-order chi connectivity index (χ1) is 12.5. The van der Waals surface area contributed by atoms with Crippen molar-refractivity contribution in [2.45, 2.75) is 6.54 Å². The van der Waals surface area contributed by atoms with Crippen molar-refractivity contribution in [2.24, 2.45) is 0 Å². The van der Waals surface area contributed by atoms with Crippen molar-refractivity contribution < 1.29 is 18.0 Å². The first kappa shape index (κ1) is 17.3. The van der Waals surface area contributed by atoms with E-state index in [0.29, 0.717) is 12.4 Å². The summed E-state index contributed by atoms with van der Waals surface area (Å²) in [6.07, 6.45) is 4.48. The maximum atomic E-state index is 13.6. The Morgan fingerprint density at radius 2 is 1.92 bits per heavy atom. The zero-order chi connectivity index (χ0) is 18.5. The van der Waals surface area contributed by atoms with E-state index >= 15 is 0 Å². The van der Waals surface area contributed by atoms with Gasteiger partial charge < -0.3 is 10.6 Å². The number of hydrogen-bond acceptors (Lipinski definition) is 5. The quantitative estimate of drug-likeness (QED) is 0.684. The highest BCUT2D eigenvalue weighted by Crippen LogP contribution is 2.20. The van der Waals surface area contributed by atoms with E-state index in [0.717, 1.165) is 24.0 Å². The predicted octanol–water partition coefficient (Wildman–Crippen LogP) is 3.15. The van der Waals surface area contributed by atoms with Gasteiger partial charge in [-0.1, -0.05) is 6.07 Å². The molecule has 1 aromatic carbocycles. The van der Waals surface area contributed by atoms with Gasteiger partial charge in [-0.25, -0.2) is 23.1 Å². The van der Waals surface area contributed by atoms with Crippen LogP contribution in [0.2, 0.25) is 0 Å². The van der Waals surface area contributed by atoms with Gasteiger partial charge in [-0.3, -0.25) is 9.78 Å². The van der Waals surface area contributed by atoms with Gasteiger partial charge in [0.05, 0.1) is 5.69 Å². The van der Waals surface area contributed by atoms with Crippen LogP contribution in [0.25, 0.3) is 0 Å².